The predicted molar refractivity (Wildman–Crippen MR) is 52.1 cm³/mol. The molecule has 0 heterocycles. The first-order chi connectivity index (χ1) is 5.34. The van der Waals surface area contributed by atoms with Gasteiger partial charge in [0.25, 0.3) is 0 Å². The lowest BCUT2D eigenvalue weighted by Crippen LogP contribution is -2.21. The monoisotopic (exact) mass is 192 g/mol. The van der Waals surface area contributed by atoms with E-state index in [1.165, 1.54) is 32.1 Å². The molecule has 1 nitrogen and oxygen atoms in total. The Balaban J connectivity index is 2.21. The molecule has 11 heavy (non-hydrogen) atoms. The van der Waals surface area contributed by atoms with Crippen molar-refractivity contribution in [1.82, 2.24) is 0 Å². The Bertz CT molecular complexity index is 104. The fourth-order valence-corrected chi connectivity index (χ4v) is 2.64. The topological polar surface area (TPSA) is 9.23 Å². The molecule has 0 aromatic rings. The molecule has 1 saturated carbocycles. The van der Waals surface area contributed by atoms with Gasteiger partial charge in [-0.15, -0.1) is 0 Å². The first-order valence-corrected chi connectivity index (χ1v) is 6.45. The van der Waals surface area contributed by atoms with Crippen LogP contribution in [0.25, 0.3) is 0 Å². The summed E-state index contributed by atoms with van der Waals surface area (Å²) in [6, 6.07) is 0. The molecule has 0 amide bonds. The van der Waals surface area contributed by atoms with Gasteiger partial charge in [-0.1, -0.05) is 30.9 Å². The van der Waals surface area contributed by atoms with Gasteiger partial charge < -0.3 is 4.74 Å². The minimum Gasteiger partial charge on any atom is -0.367 e. The number of hydrogen-bond donors (Lipinski definition) is 0. The normalized spacial score (nSPS) is 23.7. The van der Waals surface area contributed by atoms with E-state index in [2.05, 4.69) is 0 Å². The fourth-order valence-electron chi connectivity index (χ4n) is 1.69. The zero-order chi connectivity index (χ0) is 8.10. The van der Waals surface area contributed by atoms with Crippen molar-refractivity contribution in [3.8, 4) is 0 Å². The van der Waals surface area contributed by atoms with Crippen LogP contribution < -0.4 is 0 Å². The van der Waals surface area contributed by atoms with Gasteiger partial charge in [0, 0.05) is 16.5 Å². The molecule has 0 N–H and O–H groups in total. The standard InChI is InChI=1S/C8H17ClOSi/c9-8(10-6-11)7-4-2-1-3-5-7/h7-8H,1-6H2,11H3. The molecule has 1 rings (SSSR count). The van der Waals surface area contributed by atoms with Gasteiger partial charge in [0.05, 0.1) is 0 Å². The van der Waals surface area contributed by atoms with Gasteiger partial charge in [0.2, 0.25) is 0 Å². The first-order valence-electron chi connectivity index (χ1n) is 4.60. The van der Waals surface area contributed by atoms with Crippen molar-refractivity contribution in [2.24, 2.45) is 5.92 Å². The molecule has 0 aromatic heterocycles. The average Bonchev–Trinajstić information content (AvgIpc) is 2.07. The quantitative estimate of drug-likeness (QED) is 0.486. The second-order valence-electron chi connectivity index (χ2n) is 3.20. The smallest absolute Gasteiger partial charge is 0.133 e. The summed E-state index contributed by atoms with van der Waals surface area (Å²) in [5.41, 5.74) is 0.00722. The number of hydrogen-bond acceptors (Lipinski definition) is 1. The number of ether oxygens (including phenoxy) is 1. The summed E-state index contributed by atoms with van der Waals surface area (Å²) in [7, 11) is 1.10. The second-order valence-corrected chi connectivity index (χ2v) is 4.21. The van der Waals surface area contributed by atoms with Crippen molar-refractivity contribution in [3.05, 3.63) is 0 Å². The van der Waals surface area contributed by atoms with Crippen LogP contribution in [-0.2, 0) is 4.74 Å². The summed E-state index contributed by atoms with van der Waals surface area (Å²) < 4.78 is 5.41. The molecule has 1 aliphatic carbocycles. The van der Waals surface area contributed by atoms with Gasteiger partial charge in [-0.25, -0.2) is 0 Å². The van der Waals surface area contributed by atoms with Crippen LogP contribution >= 0.6 is 11.6 Å². The highest BCUT2D eigenvalue weighted by molar-refractivity contribution is 6.20. The van der Waals surface area contributed by atoms with Crippen LogP contribution in [0.4, 0.5) is 0 Å². The Hall–Kier alpha value is 0.467. The third-order valence-electron chi connectivity index (χ3n) is 2.35. The second kappa shape index (κ2) is 5.17. The summed E-state index contributed by atoms with van der Waals surface area (Å²) in [6.45, 7) is 0. The average molecular weight is 193 g/mol. The molecule has 0 saturated heterocycles. The van der Waals surface area contributed by atoms with Crippen LogP contribution in [0.15, 0.2) is 0 Å². The molecular formula is C8H17ClOSi. The van der Waals surface area contributed by atoms with E-state index in [4.69, 9.17) is 16.3 Å². The third kappa shape index (κ3) is 3.14. The molecule has 0 bridgehead atoms. The SMILES string of the molecule is [SiH3]COC(Cl)C1CCCCC1. The maximum absolute atomic E-state index is 6.06. The fraction of sp³-hybridized carbons (Fsp3) is 1.00. The Labute approximate surface area is 76.9 Å². The molecule has 1 atom stereocenters. The van der Waals surface area contributed by atoms with E-state index in [1.807, 2.05) is 0 Å². The zero-order valence-electron chi connectivity index (χ0n) is 7.18. The van der Waals surface area contributed by atoms with Gasteiger partial charge in [0.1, 0.15) is 5.56 Å². The highest BCUT2D eigenvalue weighted by atomic mass is 35.5. The zero-order valence-corrected chi connectivity index (χ0v) is 9.94. The van der Waals surface area contributed by atoms with E-state index in [9.17, 15) is 0 Å². The first kappa shape index (κ1) is 9.55. The Morgan fingerprint density at radius 1 is 1.36 bits per heavy atom. The molecule has 0 radical (unpaired) electrons. The predicted octanol–water partition coefficient (Wildman–Crippen LogP) is 1.47. The van der Waals surface area contributed by atoms with Crippen molar-refractivity contribution in [3.63, 3.8) is 0 Å². The van der Waals surface area contributed by atoms with E-state index in [0.29, 0.717) is 5.92 Å². The maximum atomic E-state index is 6.06. The van der Waals surface area contributed by atoms with E-state index in [-0.39, 0.29) is 5.56 Å². The minimum atomic E-state index is 0.00722. The van der Waals surface area contributed by atoms with Crippen molar-refractivity contribution in [2.75, 3.05) is 6.23 Å². The van der Waals surface area contributed by atoms with Gasteiger partial charge >= 0.3 is 0 Å². The minimum absolute atomic E-state index is 0.00722. The van der Waals surface area contributed by atoms with E-state index in [0.717, 1.165) is 16.5 Å². The van der Waals surface area contributed by atoms with Crippen LogP contribution in [0, 0.1) is 5.92 Å². The van der Waals surface area contributed by atoms with Crippen molar-refractivity contribution < 1.29 is 4.74 Å². The molecule has 1 aliphatic rings. The lowest BCUT2D eigenvalue weighted by molar-refractivity contribution is 0.0839. The van der Waals surface area contributed by atoms with Crippen LogP contribution in [0.2, 0.25) is 0 Å². The van der Waals surface area contributed by atoms with Gasteiger partial charge in [-0.2, -0.15) is 0 Å². The molecular weight excluding hydrogens is 176 g/mol. The van der Waals surface area contributed by atoms with Crippen LogP contribution in [0.3, 0.4) is 0 Å². The van der Waals surface area contributed by atoms with Gasteiger partial charge in [-0.05, 0) is 18.8 Å². The van der Waals surface area contributed by atoms with Crippen LogP contribution in [0.1, 0.15) is 32.1 Å². The molecule has 66 valence electrons. The molecule has 0 aliphatic heterocycles. The third-order valence-corrected chi connectivity index (χ3v) is 3.16. The Kier molecular flexibility index (Phi) is 4.49. The number of alkyl halides is 1. The van der Waals surface area contributed by atoms with Crippen LogP contribution in [0.5, 0.6) is 0 Å². The lowest BCUT2D eigenvalue weighted by atomic mass is 9.90. The molecule has 0 spiro atoms. The van der Waals surface area contributed by atoms with Crippen LogP contribution in [-0.4, -0.2) is 22.0 Å². The number of halogens is 1. The summed E-state index contributed by atoms with van der Waals surface area (Å²) in [5.74, 6) is 0.638. The van der Waals surface area contributed by atoms with Gasteiger partial charge in [0.15, 0.2) is 0 Å². The Morgan fingerprint density at radius 3 is 2.55 bits per heavy atom. The van der Waals surface area contributed by atoms with Crippen molar-refractivity contribution in [1.29, 1.82) is 0 Å². The molecule has 1 fully saturated rings. The molecule has 1 unspecified atom stereocenters. The van der Waals surface area contributed by atoms with Gasteiger partial charge in [-0.3, -0.25) is 0 Å². The van der Waals surface area contributed by atoms with Crippen molar-refractivity contribution >= 4 is 21.8 Å². The summed E-state index contributed by atoms with van der Waals surface area (Å²) in [5, 5.41) is 0. The van der Waals surface area contributed by atoms with E-state index in [1.54, 1.807) is 0 Å². The number of rotatable bonds is 3. The largest absolute Gasteiger partial charge is 0.367 e. The summed E-state index contributed by atoms with van der Waals surface area (Å²) in [4.78, 5) is 0. The maximum Gasteiger partial charge on any atom is 0.133 e. The summed E-state index contributed by atoms with van der Waals surface area (Å²) in [6.07, 6.45) is 7.51. The summed E-state index contributed by atoms with van der Waals surface area (Å²) >= 11 is 6.06. The highest BCUT2D eigenvalue weighted by Gasteiger charge is 2.21. The van der Waals surface area contributed by atoms with E-state index >= 15 is 0 Å². The Morgan fingerprint density at radius 2 is 2.00 bits per heavy atom. The highest BCUT2D eigenvalue weighted by Crippen LogP contribution is 2.29. The molecule has 0 aromatic carbocycles. The molecule has 3 heteroatoms. The van der Waals surface area contributed by atoms with Crippen molar-refractivity contribution in [2.45, 2.75) is 37.7 Å². The van der Waals surface area contributed by atoms with E-state index < -0.39 is 0 Å². The lowest BCUT2D eigenvalue weighted by Gasteiger charge is -2.25.